The van der Waals surface area contributed by atoms with E-state index in [-0.39, 0.29) is 4.75 Å². The first kappa shape index (κ1) is 58.2. The summed E-state index contributed by atoms with van der Waals surface area (Å²) in [5.74, 6) is 0. The van der Waals surface area contributed by atoms with Gasteiger partial charge in [0.05, 0.1) is 15.7 Å². The van der Waals surface area contributed by atoms with Gasteiger partial charge in [0.2, 0.25) is 0 Å². The van der Waals surface area contributed by atoms with E-state index in [9.17, 15) is 4.21 Å². The van der Waals surface area contributed by atoms with E-state index in [1.54, 1.807) is 0 Å². The Morgan fingerprint density at radius 3 is 0.806 bits per heavy atom. The molecule has 0 aromatic heterocycles. The van der Waals surface area contributed by atoms with Gasteiger partial charge in [-0.2, -0.15) is 0 Å². The van der Waals surface area contributed by atoms with E-state index < -0.39 is 11.0 Å². The summed E-state index contributed by atoms with van der Waals surface area (Å²) < 4.78 is 16.5. The largest absolute Gasteiger partial charge is 0.317 e. The minimum atomic E-state index is -0.975. The zero-order valence-corrected chi connectivity index (χ0v) is 44.0. The standard InChI is InChI=1S/C58H116N2OS/c1-57(2,3)62(61)60-56-50-52-58(56)51-48-46-44-42-40-38-36-34-32-30-28-26-24-22-20-18-16-14-12-10-8-6-4-5-7-9-11-13-15-17-19-21-23-25-27-29-31-33-35-37-39-41-43-45-47-49-54-59-55-53-58/h56,59-60H,4-55H2,1-3H3/t56-,58-,62?/m0/s1. The van der Waals surface area contributed by atoms with Crippen molar-refractivity contribution in [3.8, 4) is 0 Å². The molecule has 370 valence electrons. The third kappa shape index (κ3) is 34.4. The summed E-state index contributed by atoms with van der Waals surface area (Å²) in [6, 6.07) is 0.426. The molecule has 0 aromatic rings. The second-order valence-electron chi connectivity index (χ2n) is 22.5. The van der Waals surface area contributed by atoms with Crippen molar-refractivity contribution in [3.63, 3.8) is 0 Å². The molecule has 2 rings (SSSR count). The molecule has 3 atom stereocenters. The maximum absolute atomic E-state index is 13.1. The van der Waals surface area contributed by atoms with E-state index >= 15 is 0 Å². The van der Waals surface area contributed by atoms with E-state index in [0.29, 0.717) is 11.5 Å². The third-order valence-corrected chi connectivity index (χ3v) is 17.2. The lowest BCUT2D eigenvalue weighted by atomic mass is 9.60. The van der Waals surface area contributed by atoms with Gasteiger partial charge >= 0.3 is 0 Å². The third-order valence-electron chi connectivity index (χ3n) is 15.6. The van der Waals surface area contributed by atoms with Crippen molar-refractivity contribution in [3.05, 3.63) is 0 Å². The monoisotopic (exact) mass is 889 g/mol. The lowest BCUT2D eigenvalue weighted by Gasteiger charge is -2.51. The SMILES string of the molecule is CC(C)(C)S(=O)N[C@H]1CC[C@]12CCCCCCCCCCCCCCCCCCCCCCCCCCCCCCCCCCCCCCCCCCCCCCCCNCC2. The van der Waals surface area contributed by atoms with Crippen LogP contribution in [0.1, 0.15) is 342 Å². The topological polar surface area (TPSA) is 41.1 Å². The number of hydrogen-bond donors (Lipinski definition) is 2. The highest BCUT2D eigenvalue weighted by Gasteiger charge is 2.46. The number of nitrogens with one attached hydrogen (secondary N) is 2. The van der Waals surface area contributed by atoms with E-state index in [4.69, 9.17) is 0 Å². The van der Waals surface area contributed by atoms with Crippen molar-refractivity contribution in [2.24, 2.45) is 5.41 Å². The van der Waals surface area contributed by atoms with Crippen LogP contribution in [0.4, 0.5) is 0 Å². The van der Waals surface area contributed by atoms with Crippen LogP contribution < -0.4 is 10.0 Å². The van der Waals surface area contributed by atoms with Gasteiger partial charge in [-0.1, -0.05) is 289 Å². The van der Waals surface area contributed by atoms with Gasteiger partial charge in [0.15, 0.2) is 0 Å². The molecule has 2 fully saturated rings. The molecule has 0 amide bonds. The van der Waals surface area contributed by atoms with Crippen LogP contribution in [0.3, 0.4) is 0 Å². The van der Waals surface area contributed by atoms with Crippen LogP contribution in [-0.2, 0) is 11.0 Å². The minimum Gasteiger partial charge on any atom is -0.317 e. The van der Waals surface area contributed by atoms with Gasteiger partial charge in [0, 0.05) is 6.04 Å². The summed E-state index contributed by atoms with van der Waals surface area (Å²) in [6.45, 7) is 8.63. The van der Waals surface area contributed by atoms with Crippen molar-refractivity contribution >= 4 is 11.0 Å². The summed E-state index contributed by atoms with van der Waals surface area (Å²) in [6.07, 6.45) is 72.3. The van der Waals surface area contributed by atoms with Gasteiger partial charge in [0.25, 0.3) is 0 Å². The predicted molar refractivity (Wildman–Crippen MR) is 281 cm³/mol. The Morgan fingerprint density at radius 1 is 0.339 bits per heavy atom. The fraction of sp³-hybridized carbons (Fsp3) is 1.00. The maximum atomic E-state index is 13.1. The number of rotatable bonds is 2. The van der Waals surface area contributed by atoms with Gasteiger partial charge in [-0.3, -0.25) is 0 Å². The van der Waals surface area contributed by atoms with Crippen molar-refractivity contribution < 1.29 is 4.21 Å². The van der Waals surface area contributed by atoms with Crippen LogP contribution in [0.15, 0.2) is 0 Å². The summed E-state index contributed by atoms with van der Waals surface area (Å²) in [5.41, 5.74) is 0.343. The van der Waals surface area contributed by atoms with Crippen LogP contribution in [0.2, 0.25) is 0 Å². The maximum Gasteiger partial charge on any atom is 0.0972 e. The highest BCUT2D eigenvalue weighted by molar-refractivity contribution is 7.84. The van der Waals surface area contributed by atoms with Gasteiger partial charge in [-0.25, -0.2) is 8.93 Å². The molecule has 1 saturated heterocycles. The summed E-state index contributed by atoms with van der Waals surface area (Å²) in [4.78, 5) is 0. The smallest absolute Gasteiger partial charge is 0.0972 e. The van der Waals surface area contributed by atoms with E-state index in [2.05, 4.69) is 30.8 Å². The molecule has 0 radical (unpaired) electrons. The van der Waals surface area contributed by atoms with Crippen LogP contribution in [0.25, 0.3) is 0 Å². The van der Waals surface area contributed by atoms with Crippen LogP contribution in [0, 0.1) is 5.41 Å². The molecule has 1 heterocycles. The normalized spacial score (nSPS) is 27.4. The highest BCUT2D eigenvalue weighted by Crippen LogP contribution is 2.48. The molecule has 1 aliphatic heterocycles. The van der Waals surface area contributed by atoms with E-state index in [0.717, 1.165) is 6.54 Å². The molecular formula is C58H116N2OS. The fourth-order valence-electron chi connectivity index (χ4n) is 10.9. The summed E-state index contributed by atoms with van der Waals surface area (Å²) >= 11 is 0. The first-order chi connectivity index (χ1) is 30.4. The summed E-state index contributed by atoms with van der Waals surface area (Å²) in [5, 5.41) is 3.84. The Balaban J connectivity index is 1.59. The van der Waals surface area contributed by atoms with Gasteiger partial charge in [-0.15, -0.1) is 0 Å². The average Bonchev–Trinajstić information content (AvgIpc) is 3.25. The molecule has 2 N–H and O–H groups in total. The molecule has 0 bridgehead atoms. The lowest BCUT2D eigenvalue weighted by molar-refractivity contribution is 0.0567. The number of hydrogen-bond acceptors (Lipinski definition) is 2. The van der Waals surface area contributed by atoms with Crippen LogP contribution in [-0.4, -0.2) is 28.1 Å². The van der Waals surface area contributed by atoms with Crippen LogP contribution in [0.5, 0.6) is 0 Å². The van der Waals surface area contributed by atoms with Gasteiger partial charge in [-0.05, 0) is 71.4 Å². The molecular weight excluding hydrogens is 773 g/mol. The van der Waals surface area contributed by atoms with Crippen molar-refractivity contribution in [2.45, 2.75) is 353 Å². The second kappa shape index (κ2) is 42.4. The predicted octanol–water partition coefficient (Wildman–Crippen LogP) is 19.5. The van der Waals surface area contributed by atoms with Gasteiger partial charge in [0.1, 0.15) is 0 Å². The molecule has 3 nitrogen and oxygen atoms in total. The fourth-order valence-corrected chi connectivity index (χ4v) is 11.9. The quantitative estimate of drug-likeness (QED) is 0.290. The Kier molecular flexibility index (Phi) is 39.8. The molecule has 1 spiro atoms. The van der Waals surface area contributed by atoms with Crippen molar-refractivity contribution in [2.75, 3.05) is 13.1 Å². The molecule has 2 aliphatic rings. The summed E-state index contributed by atoms with van der Waals surface area (Å²) in [7, 11) is -0.975. The lowest BCUT2D eigenvalue weighted by Crippen LogP contribution is -2.56. The second-order valence-corrected chi connectivity index (χ2v) is 24.5. The Bertz CT molecular complexity index is 894. The first-order valence-corrected chi connectivity index (χ1v) is 30.5. The van der Waals surface area contributed by atoms with E-state index in [1.165, 1.54) is 328 Å². The Labute approximate surface area is 394 Å². The van der Waals surface area contributed by atoms with Crippen molar-refractivity contribution in [1.29, 1.82) is 0 Å². The molecule has 0 aromatic carbocycles. The van der Waals surface area contributed by atoms with E-state index in [1.807, 2.05) is 0 Å². The molecule has 62 heavy (non-hydrogen) atoms. The average molecular weight is 890 g/mol. The van der Waals surface area contributed by atoms with Crippen molar-refractivity contribution in [1.82, 2.24) is 10.0 Å². The Hall–Kier alpha value is 0.0700. The molecule has 4 heteroatoms. The molecule has 1 aliphatic carbocycles. The highest BCUT2D eigenvalue weighted by atomic mass is 32.2. The zero-order valence-electron chi connectivity index (χ0n) is 43.2. The Morgan fingerprint density at radius 2 is 0.581 bits per heavy atom. The molecule has 1 unspecified atom stereocenters. The molecule has 1 saturated carbocycles. The first-order valence-electron chi connectivity index (χ1n) is 29.3. The van der Waals surface area contributed by atoms with Gasteiger partial charge < -0.3 is 5.32 Å². The van der Waals surface area contributed by atoms with Crippen LogP contribution >= 0.6 is 0 Å². The zero-order chi connectivity index (χ0) is 44.3. The minimum absolute atomic E-state index is 0.196.